The molecule has 3 unspecified atom stereocenters. The average Bonchev–Trinajstić information content (AvgIpc) is 2.34. The predicted molar refractivity (Wildman–Crippen MR) is 72.9 cm³/mol. The molecule has 0 radical (unpaired) electrons. The summed E-state index contributed by atoms with van der Waals surface area (Å²) in [4.78, 5) is 2.27. The van der Waals surface area contributed by atoms with E-state index in [9.17, 15) is 5.11 Å². The molecule has 1 aromatic carbocycles. The standard InChI is InChI=1S/C14H20ClNO2/c1-10-9-18-11(2)7-16(10)8-14(17)12-3-5-13(15)6-4-12/h3-6,10-11,14,17H,7-9H2,1-2H3. The first-order valence-electron chi connectivity index (χ1n) is 6.35. The zero-order valence-corrected chi connectivity index (χ0v) is 11.6. The van der Waals surface area contributed by atoms with Crippen LogP contribution in [0.4, 0.5) is 0 Å². The van der Waals surface area contributed by atoms with Gasteiger partial charge in [-0.1, -0.05) is 23.7 Å². The van der Waals surface area contributed by atoms with Crippen molar-refractivity contribution >= 4 is 11.6 Å². The number of nitrogens with zero attached hydrogens (tertiary/aromatic N) is 1. The maximum Gasteiger partial charge on any atom is 0.0917 e. The van der Waals surface area contributed by atoms with Gasteiger partial charge in [-0.2, -0.15) is 0 Å². The number of benzene rings is 1. The second-order valence-electron chi connectivity index (χ2n) is 5.01. The smallest absolute Gasteiger partial charge is 0.0917 e. The van der Waals surface area contributed by atoms with E-state index in [1.165, 1.54) is 0 Å². The lowest BCUT2D eigenvalue weighted by atomic mass is 10.1. The Morgan fingerprint density at radius 3 is 2.72 bits per heavy atom. The molecule has 100 valence electrons. The minimum Gasteiger partial charge on any atom is -0.387 e. The molecule has 1 aliphatic heterocycles. The van der Waals surface area contributed by atoms with Gasteiger partial charge in [-0.25, -0.2) is 0 Å². The van der Waals surface area contributed by atoms with Crippen LogP contribution in [-0.2, 0) is 4.74 Å². The number of aliphatic hydroxyl groups is 1. The van der Waals surface area contributed by atoms with Crippen LogP contribution in [0, 0.1) is 0 Å². The van der Waals surface area contributed by atoms with Crippen molar-refractivity contribution in [3.8, 4) is 0 Å². The van der Waals surface area contributed by atoms with Crippen LogP contribution < -0.4 is 0 Å². The third-order valence-electron chi connectivity index (χ3n) is 3.40. The van der Waals surface area contributed by atoms with Gasteiger partial charge in [-0.3, -0.25) is 4.90 Å². The third kappa shape index (κ3) is 3.45. The maximum atomic E-state index is 10.2. The Hall–Kier alpha value is -0.610. The number of rotatable bonds is 3. The van der Waals surface area contributed by atoms with E-state index in [1.54, 1.807) is 0 Å². The molecular weight excluding hydrogens is 250 g/mol. The van der Waals surface area contributed by atoms with Crippen LogP contribution in [0.1, 0.15) is 25.5 Å². The van der Waals surface area contributed by atoms with E-state index in [4.69, 9.17) is 16.3 Å². The summed E-state index contributed by atoms with van der Waals surface area (Å²) in [5.41, 5.74) is 0.908. The molecule has 0 amide bonds. The zero-order chi connectivity index (χ0) is 13.1. The Labute approximate surface area is 113 Å². The van der Waals surface area contributed by atoms with E-state index >= 15 is 0 Å². The summed E-state index contributed by atoms with van der Waals surface area (Å²) in [6, 6.07) is 7.73. The van der Waals surface area contributed by atoms with Gasteiger partial charge in [0.2, 0.25) is 0 Å². The van der Waals surface area contributed by atoms with Gasteiger partial charge in [-0.05, 0) is 31.5 Å². The number of aliphatic hydroxyl groups excluding tert-OH is 1. The Balaban J connectivity index is 1.97. The van der Waals surface area contributed by atoms with E-state index < -0.39 is 6.10 Å². The topological polar surface area (TPSA) is 32.7 Å². The van der Waals surface area contributed by atoms with Crippen LogP contribution in [0.3, 0.4) is 0 Å². The minimum absolute atomic E-state index is 0.235. The molecule has 1 aromatic rings. The van der Waals surface area contributed by atoms with Crippen LogP contribution >= 0.6 is 11.6 Å². The Bertz CT molecular complexity index is 382. The van der Waals surface area contributed by atoms with Gasteiger partial charge in [-0.15, -0.1) is 0 Å². The molecule has 1 aliphatic rings. The van der Waals surface area contributed by atoms with Crippen LogP contribution in [0.2, 0.25) is 5.02 Å². The molecular formula is C14H20ClNO2. The van der Waals surface area contributed by atoms with Gasteiger partial charge in [0, 0.05) is 24.2 Å². The summed E-state index contributed by atoms with van der Waals surface area (Å²) in [7, 11) is 0. The van der Waals surface area contributed by atoms with Crippen molar-refractivity contribution in [2.75, 3.05) is 19.7 Å². The first-order chi connectivity index (χ1) is 8.56. The lowest BCUT2D eigenvalue weighted by molar-refractivity contribution is -0.0619. The summed E-state index contributed by atoms with van der Waals surface area (Å²) in [5, 5.41) is 10.9. The number of ether oxygens (including phenoxy) is 1. The van der Waals surface area contributed by atoms with E-state index in [2.05, 4.69) is 18.7 Å². The molecule has 0 saturated carbocycles. The minimum atomic E-state index is -0.477. The lowest BCUT2D eigenvalue weighted by Gasteiger charge is -2.37. The van der Waals surface area contributed by atoms with E-state index in [0.29, 0.717) is 17.6 Å². The summed E-state index contributed by atoms with van der Waals surface area (Å²) >= 11 is 5.84. The fourth-order valence-electron chi connectivity index (χ4n) is 2.24. The molecule has 1 N–H and O–H groups in total. The van der Waals surface area contributed by atoms with E-state index in [-0.39, 0.29) is 6.10 Å². The van der Waals surface area contributed by atoms with Gasteiger partial charge in [0.25, 0.3) is 0 Å². The first-order valence-corrected chi connectivity index (χ1v) is 6.73. The van der Waals surface area contributed by atoms with Crippen molar-refractivity contribution in [2.24, 2.45) is 0 Å². The summed E-state index contributed by atoms with van der Waals surface area (Å²) in [5.74, 6) is 0. The van der Waals surface area contributed by atoms with Gasteiger partial charge < -0.3 is 9.84 Å². The van der Waals surface area contributed by atoms with Crippen molar-refractivity contribution in [3.63, 3.8) is 0 Å². The van der Waals surface area contributed by atoms with Crippen molar-refractivity contribution in [1.82, 2.24) is 4.90 Å². The molecule has 0 bridgehead atoms. The Morgan fingerprint density at radius 1 is 1.39 bits per heavy atom. The highest BCUT2D eigenvalue weighted by molar-refractivity contribution is 6.30. The zero-order valence-electron chi connectivity index (χ0n) is 10.8. The van der Waals surface area contributed by atoms with Crippen molar-refractivity contribution < 1.29 is 9.84 Å². The highest BCUT2D eigenvalue weighted by Gasteiger charge is 2.25. The summed E-state index contributed by atoms with van der Waals surface area (Å²) in [6.45, 7) is 6.42. The van der Waals surface area contributed by atoms with Gasteiger partial charge >= 0.3 is 0 Å². The normalized spacial score (nSPS) is 27.1. The van der Waals surface area contributed by atoms with Gasteiger partial charge in [0.1, 0.15) is 0 Å². The molecule has 1 fully saturated rings. The number of hydrogen-bond acceptors (Lipinski definition) is 3. The second-order valence-corrected chi connectivity index (χ2v) is 5.45. The fourth-order valence-corrected chi connectivity index (χ4v) is 2.36. The Morgan fingerprint density at radius 2 is 2.06 bits per heavy atom. The molecule has 0 aliphatic carbocycles. The van der Waals surface area contributed by atoms with Crippen LogP contribution in [0.25, 0.3) is 0 Å². The van der Waals surface area contributed by atoms with Crippen LogP contribution in [0.5, 0.6) is 0 Å². The van der Waals surface area contributed by atoms with Crippen molar-refractivity contribution in [1.29, 1.82) is 0 Å². The van der Waals surface area contributed by atoms with Crippen molar-refractivity contribution in [3.05, 3.63) is 34.9 Å². The van der Waals surface area contributed by atoms with E-state index in [1.807, 2.05) is 24.3 Å². The summed E-state index contributed by atoms with van der Waals surface area (Å²) in [6.07, 6.45) is -0.242. The molecule has 4 heteroatoms. The lowest BCUT2D eigenvalue weighted by Crippen LogP contribution is -2.48. The van der Waals surface area contributed by atoms with Gasteiger partial charge in [0.05, 0.1) is 18.8 Å². The molecule has 1 saturated heterocycles. The number of β-amino-alcohol motifs (C(OH)–C–C–N with tert-alkyl or cyclic N) is 1. The molecule has 0 aromatic heterocycles. The quantitative estimate of drug-likeness (QED) is 0.915. The highest BCUT2D eigenvalue weighted by Crippen LogP contribution is 2.20. The second kappa shape index (κ2) is 6.02. The molecule has 18 heavy (non-hydrogen) atoms. The molecule has 2 rings (SSSR count). The number of morpholine rings is 1. The molecule has 0 spiro atoms. The summed E-state index contributed by atoms with van der Waals surface area (Å²) < 4.78 is 5.58. The molecule has 1 heterocycles. The highest BCUT2D eigenvalue weighted by atomic mass is 35.5. The van der Waals surface area contributed by atoms with Crippen molar-refractivity contribution in [2.45, 2.75) is 32.1 Å². The van der Waals surface area contributed by atoms with Crippen LogP contribution in [0.15, 0.2) is 24.3 Å². The molecule has 3 atom stereocenters. The third-order valence-corrected chi connectivity index (χ3v) is 3.65. The predicted octanol–water partition coefficient (Wildman–Crippen LogP) is 2.48. The molecule has 3 nitrogen and oxygen atoms in total. The first kappa shape index (κ1) is 13.8. The number of hydrogen-bond donors (Lipinski definition) is 1. The fraction of sp³-hybridized carbons (Fsp3) is 0.571. The monoisotopic (exact) mass is 269 g/mol. The average molecular weight is 270 g/mol. The van der Waals surface area contributed by atoms with E-state index in [0.717, 1.165) is 18.7 Å². The number of halogens is 1. The van der Waals surface area contributed by atoms with Gasteiger partial charge in [0.15, 0.2) is 0 Å². The van der Waals surface area contributed by atoms with Crippen LogP contribution in [-0.4, -0.2) is 41.8 Å². The maximum absolute atomic E-state index is 10.2. The largest absolute Gasteiger partial charge is 0.387 e. The SMILES string of the molecule is CC1CN(CC(O)c2ccc(Cl)cc2)C(C)CO1. The Kier molecular flexibility index (Phi) is 4.62.